The van der Waals surface area contributed by atoms with Crippen LogP contribution in [0.5, 0.6) is 0 Å². The molecule has 0 saturated heterocycles. The number of ether oxygens (including phenoxy) is 1. The van der Waals surface area contributed by atoms with Gasteiger partial charge in [0.05, 0.1) is 0 Å². The lowest BCUT2D eigenvalue weighted by molar-refractivity contribution is -0.353. The average molecular weight is 394 g/mol. The van der Waals surface area contributed by atoms with Crippen LogP contribution in [-0.4, -0.2) is 39.7 Å². The molecule has 0 saturated carbocycles. The molecule has 27 heavy (non-hydrogen) atoms. The quantitative estimate of drug-likeness (QED) is 0.744. The van der Waals surface area contributed by atoms with Gasteiger partial charge in [0.15, 0.2) is 5.82 Å². The smallest absolute Gasteiger partial charge is 0.454 e. The Morgan fingerprint density at radius 2 is 1.70 bits per heavy atom. The lowest BCUT2D eigenvalue weighted by atomic mass is 10.1. The van der Waals surface area contributed by atoms with E-state index in [-0.39, 0.29) is 12.5 Å². The Balaban J connectivity index is 2.67. The first kappa shape index (κ1) is 20.6. The fourth-order valence-electron chi connectivity index (χ4n) is 2.02. The minimum atomic E-state index is -5.88. The molecule has 0 amide bonds. The molecule has 0 radical (unpaired) electrons. The van der Waals surface area contributed by atoms with Crippen molar-refractivity contribution in [3.63, 3.8) is 0 Å². The predicted octanol–water partition coefficient (Wildman–Crippen LogP) is 4.20. The lowest BCUT2D eigenvalue weighted by Gasteiger charge is -2.29. The second kappa shape index (κ2) is 7.14. The average Bonchev–Trinajstić information content (AvgIpc) is 2.58. The van der Waals surface area contributed by atoms with Crippen molar-refractivity contribution in [2.45, 2.75) is 24.9 Å². The normalized spacial score (nSPS) is 14.6. The van der Waals surface area contributed by atoms with Gasteiger partial charge in [0, 0.05) is 18.7 Å². The van der Waals surface area contributed by atoms with E-state index in [4.69, 9.17) is 5.11 Å². The maximum atomic E-state index is 14.8. The molecule has 1 aromatic carbocycles. The molecule has 1 N–H and O–H groups in total. The number of aromatic carboxylic acids is 1. The van der Waals surface area contributed by atoms with Gasteiger partial charge in [-0.1, -0.05) is 30.3 Å². The minimum absolute atomic E-state index is 0.154. The fraction of sp³-hybridized carbons (Fsp3) is 0.312. The van der Waals surface area contributed by atoms with E-state index in [2.05, 4.69) is 14.7 Å². The number of aromatic nitrogens is 2. The summed E-state index contributed by atoms with van der Waals surface area (Å²) < 4.78 is 84.6. The van der Waals surface area contributed by atoms with E-state index in [0.717, 1.165) is 0 Å². The summed E-state index contributed by atoms with van der Waals surface area (Å²) in [7, 11) is 0. The lowest BCUT2D eigenvalue weighted by Crippen LogP contribution is -2.45. The molecule has 0 aliphatic heterocycles. The number of nitrogens with zero attached hydrogens (tertiary/aromatic N) is 2. The summed E-state index contributed by atoms with van der Waals surface area (Å²) >= 11 is 0. The van der Waals surface area contributed by atoms with Crippen LogP contribution < -0.4 is 0 Å². The van der Waals surface area contributed by atoms with Crippen molar-refractivity contribution in [1.29, 1.82) is 0 Å². The van der Waals surface area contributed by atoms with Gasteiger partial charge in [0.2, 0.25) is 0 Å². The molecule has 11 heteroatoms. The van der Waals surface area contributed by atoms with Crippen LogP contribution >= 0.6 is 0 Å². The highest BCUT2D eigenvalue weighted by molar-refractivity contribution is 5.89. The van der Waals surface area contributed by atoms with Crippen LogP contribution in [0.1, 0.15) is 23.0 Å². The summed E-state index contributed by atoms with van der Waals surface area (Å²) in [5.74, 6) is -11.1. The Morgan fingerprint density at radius 1 is 1.11 bits per heavy atom. The topological polar surface area (TPSA) is 72.3 Å². The molecular formula is C16H12F6N2O3. The first-order chi connectivity index (χ1) is 12.3. The molecule has 2 aromatic rings. The zero-order valence-corrected chi connectivity index (χ0v) is 13.6. The van der Waals surface area contributed by atoms with Crippen LogP contribution in [-0.2, 0) is 10.6 Å². The van der Waals surface area contributed by atoms with E-state index >= 15 is 0 Å². The van der Waals surface area contributed by atoms with Crippen LogP contribution in [0, 0.1) is 0 Å². The zero-order valence-electron chi connectivity index (χ0n) is 13.6. The highest BCUT2D eigenvalue weighted by Crippen LogP contribution is 2.45. The first-order valence-corrected chi connectivity index (χ1v) is 7.29. The van der Waals surface area contributed by atoms with Crippen molar-refractivity contribution in [2.24, 2.45) is 0 Å². The number of rotatable bonds is 6. The van der Waals surface area contributed by atoms with Crippen LogP contribution in [0.15, 0.2) is 36.5 Å². The zero-order chi connectivity index (χ0) is 20.5. The van der Waals surface area contributed by atoms with E-state index in [0.29, 0.717) is 6.20 Å². The van der Waals surface area contributed by atoms with Crippen LogP contribution in [0.3, 0.4) is 0 Å². The second-order valence-corrected chi connectivity index (χ2v) is 5.58. The van der Waals surface area contributed by atoms with Gasteiger partial charge in [0.25, 0.3) is 5.92 Å². The molecule has 1 heterocycles. The van der Waals surface area contributed by atoms with Crippen molar-refractivity contribution in [3.05, 3.63) is 47.8 Å². The Labute approximate surface area is 148 Å². The third-order valence-electron chi connectivity index (χ3n) is 3.24. The summed E-state index contributed by atoms with van der Waals surface area (Å²) in [4.78, 5) is 18.2. The number of carboxylic acids is 1. The Hall–Kier alpha value is -2.69. The molecule has 0 fully saturated rings. The van der Waals surface area contributed by atoms with Gasteiger partial charge in [-0.25, -0.2) is 23.5 Å². The van der Waals surface area contributed by atoms with E-state index < -0.39 is 47.6 Å². The number of benzene rings is 1. The Morgan fingerprint density at radius 3 is 2.19 bits per heavy atom. The van der Waals surface area contributed by atoms with Crippen LogP contribution in [0.2, 0.25) is 0 Å². The molecule has 1 unspecified atom stereocenters. The number of carbonyl (C=O) groups is 1. The third-order valence-corrected chi connectivity index (χ3v) is 3.24. The minimum Gasteiger partial charge on any atom is -0.478 e. The maximum Gasteiger partial charge on any atom is 0.454 e. The van der Waals surface area contributed by atoms with Gasteiger partial charge in [-0.05, 0) is 0 Å². The maximum absolute atomic E-state index is 14.8. The molecule has 5 nitrogen and oxygen atoms in total. The van der Waals surface area contributed by atoms with E-state index in [1.54, 1.807) is 6.07 Å². The van der Waals surface area contributed by atoms with Crippen molar-refractivity contribution in [3.8, 4) is 11.4 Å². The second-order valence-electron chi connectivity index (χ2n) is 5.58. The molecular weight excluding hydrogens is 382 g/mol. The summed E-state index contributed by atoms with van der Waals surface area (Å²) in [6, 6.07) is 7.33. The van der Waals surface area contributed by atoms with Crippen molar-refractivity contribution in [1.82, 2.24) is 9.97 Å². The van der Waals surface area contributed by atoms with Gasteiger partial charge in [0.1, 0.15) is 17.9 Å². The van der Waals surface area contributed by atoms with Crippen molar-refractivity contribution < 1.29 is 41.0 Å². The number of hydrogen-bond donors (Lipinski definition) is 1. The highest BCUT2D eigenvalue weighted by atomic mass is 19.4. The largest absolute Gasteiger partial charge is 0.478 e. The van der Waals surface area contributed by atoms with E-state index in [1.165, 1.54) is 24.3 Å². The molecule has 0 aliphatic carbocycles. The van der Waals surface area contributed by atoms with Crippen molar-refractivity contribution >= 4 is 5.97 Å². The van der Waals surface area contributed by atoms with E-state index in [1.807, 2.05) is 0 Å². The molecule has 0 spiro atoms. The molecule has 0 bridgehead atoms. The number of alkyl halides is 6. The highest BCUT2D eigenvalue weighted by Gasteiger charge is 2.62. The molecule has 146 valence electrons. The summed E-state index contributed by atoms with van der Waals surface area (Å²) in [5.41, 5.74) is -2.84. The molecule has 1 atom stereocenters. The summed E-state index contributed by atoms with van der Waals surface area (Å²) in [6.45, 7) is -1.73. The first-order valence-electron chi connectivity index (χ1n) is 7.29. The standard InChI is InChI=1S/C16H12F6N2O3/c1-14(17,18)8-27-15(19,16(20,21)22)11-10(13(25)26)7-23-12(24-11)9-5-3-2-4-6-9/h2-7H,8H2,1H3,(H,25,26). The summed E-state index contributed by atoms with van der Waals surface area (Å²) in [5, 5.41) is 9.07. The van der Waals surface area contributed by atoms with Gasteiger partial charge < -0.3 is 9.84 Å². The number of halogens is 6. The van der Waals surface area contributed by atoms with Gasteiger partial charge in [-0.2, -0.15) is 17.6 Å². The van der Waals surface area contributed by atoms with Crippen molar-refractivity contribution in [2.75, 3.05) is 6.61 Å². The number of carboxylic acid groups (broad SMARTS) is 1. The summed E-state index contributed by atoms with van der Waals surface area (Å²) in [6.07, 6.45) is -5.43. The fourth-order valence-corrected chi connectivity index (χ4v) is 2.02. The Bertz CT molecular complexity index is 823. The third kappa shape index (κ3) is 4.54. The van der Waals surface area contributed by atoms with Gasteiger partial charge in [-0.3, -0.25) is 0 Å². The van der Waals surface area contributed by atoms with E-state index in [9.17, 15) is 31.1 Å². The van der Waals surface area contributed by atoms with Crippen LogP contribution in [0.25, 0.3) is 11.4 Å². The Kier molecular flexibility index (Phi) is 5.45. The molecule has 1 aromatic heterocycles. The van der Waals surface area contributed by atoms with Crippen LogP contribution in [0.4, 0.5) is 26.3 Å². The molecule has 0 aliphatic rings. The van der Waals surface area contributed by atoms with Gasteiger partial charge >= 0.3 is 18.0 Å². The number of hydrogen-bond acceptors (Lipinski definition) is 4. The molecule has 2 rings (SSSR count). The SMILES string of the molecule is CC(F)(F)COC(F)(c1nc(-c2ccccc2)ncc1C(=O)O)C(F)(F)F. The van der Waals surface area contributed by atoms with Gasteiger partial charge in [-0.15, -0.1) is 0 Å². The predicted molar refractivity (Wildman–Crippen MR) is 79.8 cm³/mol. The monoisotopic (exact) mass is 394 g/mol.